The lowest BCUT2D eigenvalue weighted by Crippen LogP contribution is -1.97. The fraction of sp³-hybridized carbons (Fsp3) is 0. The minimum Gasteiger partial charge on any atom is -0.252 e. The molecule has 1 heterocycles. The molecule has 0 aliphatic carbocycles. The van der Waals surface area contributed by atoms with Crippen LogP contribution in [0.25, 0.3) is 87.6 Å². The molecule has 0 saturated heterocycles. The van der Waals surface area contributed by atoms with Crippen molar-refractivity contribution in [2.45, 2.75) is 0 Å². The fourth-order valence-electron chi connectivity index (χ4n) is 6.94. The van der Waals surface area contributed by atoms with E-state index in [1.54, 1.807) is 0 Å². The van der Waals surface area contributed by atoms with Crippen LogP contribution in [0.2, 0.25) is 0 Å². The summed E-state index contributed by atoms with van der Waals surface area (Å²) in [6.45, 7) is 0. The van der Waals surface area contributed by atoms with Crippen molar-refractivity contribution in [3.63, 3.8) is 0 Å². The summed E-state index contributed by atoms with van der Waals surface area (Å²) >= 11 is 0. The number of rotatable bonds is 3. The molecule has 0 saturated carbocycles. The van der Waals surface area contributed by atoms with Crippen molar-refractivity contribution in [1.82, 2.24) is 9.97 Å². The van der Waals surface area contributed by atoms with Crippen molar-refractivity contribution in [1.29, 1.82) is 0 Å². The quantitative estimate of drug-likeness (QED) is 0.202. The molecule has 0 atom stereocenters. The van der Waals surface area contributed by atoms with E-state index in [2.05, 4.69) is 140 Å². The Kier molecular flexibility index (Phi) is 5.54. The van der Waals surface area contributed by atoms with Crippen molar-refractivity contribution in [2.75, 3.05) is 0 Å². The molecule has 9 aromatic rings. The molecule has 0 aliphatic heterocycles. The van der Waals surface area contributed by atoms with Gasteiger partial charge in [0.25, 0.3) is 0 Å². The minimum absolute atomic E-state index is 0.856. The van der Waals surface area contributed by atoms with E-state index < -0.39 is 0 Å². The maximum absolute atomic E-state index is 5.39. The summed E-state index contributed by atoms with van der Waals surface area (Å²) in [6.07, 6.45) is 1.95. The van der Waals surface area contributed by atoms with Crippen molar-refractivity contribution >= 4 is 53.9 Å². The molecule has 2 nitrogen and oxygen atoms in total. The first-order chi connectivity index (χ1) is 21.8. The Hall–Kier alpha value is -5.86. The summed E-state index contributed by atoms with van der Waals surface area (Å²) in [5, 5.41) is 12.4. The molecule has 8 aromatic carbocycles. The molecule has 0 radical (unpaired) electrons. The molecule has 0 aliphatic rings. The molecule has 0 spiro atoms. The summed E-state index contributed by atoms with van der Waals surface area (Å²) in [6, 6.07) is 54.0. The van der Waals surface area contributed by atoms with E-state index in [0.29, 0.717) is 0 Å². The van der Waals surface area contributed by atoms with Crippen LogP contribution in [0, 0.1) is 0 Å². The molecule has 9 rings (SSSR count). The number of benzene rings is 7. The first-order valence-electron chi connectivity index (χ1n) is 15.0. The lowest BCUT2D eigenvalue weighted by atomic mass is 9.88. The second kappa shape index (κ2) is 9.86. The maximum Gasteiger partial charge on any atom is 0.0972 e. The Morgan fingerprint density at radius 1 is 0.341 bits per heavy atom. The van der Waals surface area contributed by atoms with Crippen LogP contribution in [-0.2, 0) is 0 Å². The molecule has 0 N–H and O–H groups in total. The largest absolute Gasteiger partial charge is 0.252 e. The molecule has 204 valence electrons. The Bertz CT molecular complexity index is 2530. The highest BCUT2D eigenvalue weighted by Gasteiger charge is 2.17. The van der Waals surface area contributed by atoms with Crippen molar-refractivity contribution < 1.29 is 0 Å². The molecule has 0 fully saturated rings. The van der Waals surface area contributed by atoms with E-state index in [1.807, 2.05) is 18.3 Å². The van der Waals surface area contributed by atoms with Gasteiger partial charge >= 0.3 is 0 Å². The Morgan fingerprint density at radius 3 is 1.48 bits per heavy atom. The highest BCUT2D eigenvalue weighted by atomic mass is 14.8. The molecule has 44 heavy (non-hydrogen) atoms. The van der Waals surface area contributed by atoms with Gasteiger partial charge in [-0.1, -0.05) is 152 Å². The van der Waals surface area contributed by atoms with Gasteiger partial charge in [0.05, 0.1) is 23.3 Å². The van der Waals surface area contributed by atoms with Crippen LogP contribution in [-0.4, -0.2) is 9.97 Å². The van der Waals surface area contributed by atoms with Crippen molar-refractivity contribution in [3.05, 3.63) is 158 Å². The highest BCUT2D eigenvalue weighted by molar-refractivity contribution is 6.33. The zero-order valence-corrected chi connectivity index (χ0v) is 23.9. The van der Waals surface area contributed by atoms with Crippen molar-refractivity contribution in [3.8, 4) is 33.8 Å². The lowest BCUT2D eigenvalue weighted by molar-refractivity contribution is 1.22. The predicted octanol–water partition coefficient (Wildman–Crippen LogP) is 11.2. The number of fused-ring (bicyclic) bond motifs is 5. The highest BCUT2D eigenvalue weighted by Crippen LogP contribution is 2.43. The fourth-order valence-corrected chi connectivity index (χ4v) is 6.94. The average molecular weight is 559 g/mol. The normalized spacial score (nSPS) is 11.6. The zero-order chi connectivity index (χ0) is 29.0. The topological polar surface area (TPSA) is 25.8 Å². The number of hydrogen-bond acceptors (Lipinski definition) is 2. The van der Waals surface area contributed by atoms with Gasteiger partial charge in [-0.2, -0.15) is 0 Å². The van der Waals surface area contributed by atoms with E-state index in [0.717, 1.165) is 33.8 Å². The monoisotopic (exact) mass is 558 g/mol. The molecule has 1 aromatic heterocycles. The maximum atomic E-state index is 5.39. The first-order valence-corrected chi connectivity index (χ1v) is 15.0. The van der Waals surface area contributed by atoms with E-state index in [4.69, 9.17) is 9.97 Å². The predicted molar refractivity (Wildman–Crippen MR) is 186 cm³/mol. The molecule has 2 heteroatoms. The smallest absolute Gasteiger partial charge is 0.0972 e. The van der Waals surface area contributed by atoms with Crippen LogP contribution in [0.15, 0.2) is 158 Å². The first kappa shape index (κ1) is 24.7. The number of nitrogens with zero attached hydrogens (tertiary/aromatic N) is 2. The second-order valence-electron chi connectivity index (χ2n) is 11.3. The van der Waals surface area contributed by atoms with Crippen LogP contribution < -0.4 is 0 Å². The third-order valence-corrected chi connectivity index (χ3v) is 8.87. The summed E-state index contributed by atoms with van der Waals surface area (Å²) < 4.78 is 0. The third-order valence-electron chi connectivity index (χ3n) is 8.87. The van der Waals surface area contributed by atoms with E-state index in [-0.39, 0.29) is 0 Å². The summed E-state index contributed by atoms with van der Waals surface area (Å²) in [4.78, 5) is 10.5. The lowest BCUT2D eigenvalue weighted by Gasteiger charge is -2.16. The number of hydrogen-bond donors (Lipinski definition) is 0. The van der Waals surface area contributed by atoms with E-state index in [9.17, 15) is 0 Å². The van der Waals surface area contributed by atoms with Gasteiger partial charge < -0.3 is 0 Å². The zero-order valence-electron chi connectivity index (χ0n) is 23.9. The van der Waals surface area contributed by atoms with Crippen LogP contribution in [0.4, 0.5) is 0 Å². The van der Waals surface area contributed by atoms with Gasteiger partial charge in [0.15, 0.2) is 0 Å². The number of aromatic nitrogens is 2. The Morgan fingerprint density at radius 2 is 0.818 bits per heavy atom. The molecule has 0 bridgehead atoms. The molecule has 0 amide bonds. The van der Waals surface area contributed by atoms with Crippen LogP contribution in [0.3, 0.4) is 0 Å². The molecule has 0 unspecified atom stereocenters. The Labute approximate surface area is 254 Å². The average Bonchev–Trinajstić information content (AvgIpc) is 3.10. The van der Waals surface area contributed by atoms with Gasteiger partial charge in [-0.25, -0.2) is 4.98 Å². The van der Waals surface area contributed by atoms with Crippen LogP contribution in [0.5, 0.6) is 0 Å². The van der Waals surface area contributed by atoms with Crippen LogP contribution in [0.1, 0.15) is 0 Å². The van der Waals surface area contributed by atoms with Crippen LogP contribution >= 0.6 is 0 Å². The van der Waals surface area contributed by atoms with Gasteiger partial charge in [0.1, 0.15) is 0 Å². The van der Waals surface area contributed by atoms with E-state index >= 15 is 0 Å². The molecular formula is C42H26N2. The van der Waals surface area contributed by atoms with Gasteiger partial charge in [0, 0.05) is 16.7 Å². The summed E-state index contributed by atoms with van der Waals surface area (Å²) in [5.74, 6) is 0. The Balaban J connectivity index is 1.46. The summed E-state index contributed by atoms with van der Waals surface area (Å²) in [7, 11) is 0. The molecular weight excluding hydrogens is 532 g/mol. The van der Waals surface area contributed by atoms with Crippen molar-refractivity contribution in [2.24, 2.45) is 0 Å². The SMILES string of the molecule is c1ccc(-c2ncc(-c3cccc4c5cccc6ccc7cccc(c8ccccc8c34)c7c65)nc2-c2ccccc2)cc1. The van der Waals surface area contributed by atoms with Gasteiger partial charge in [-0.05, 0) is 53.9 Å². The van der Waals surface area contributed by atoms with E-state index in [1.165, 1.54) is 53.9 Å². The second-order valence-corrected chi connectivity index (χ2v) is 11.3. The van der Waals surface area contributed by atoms with Gasteiger partial charge in [-0.3, -0.25) is 4.98 Å². The third kappa shape index (κ3) is 3.75. The minimum atomic E-state index is 0.856. The standard InChI is InChI=1S/C42H26N2/c1-3-12-29(13-4-1)41-42(30-14-5-2-6-15-30)44-37(26-43-41)36-23-11-22-35-34-21-10-17-28-25-24-27-16-9-20-32(38(27)39(28)34)31-18-7-8-19-33(31)40(35)36/h1-26H. The van der Waals surface area contributed by atoms with Gasteiger partial charge in [-0.15, -0.1) is 0 Å². The van der Waals surface area contributed by atoms with Gasteiger partial charge in [0.2, 0.25) is 0 Å². The summed E-state index contributed by atoms with van der Waals surface area (Å²) in [5.41, 5.74) is 5.78.